The molecule has 0 fully saturated rings. The maximum atomic E-state index is 11.8. The molecule has 194 valence electrons. The molecule has 0 spiro atoms. The molecule has 0 saturated carbocycles. The fourth-order valence-electron chi connectivity index (χ4n) is 3.42. The van der Waals surface area contributed by atoms with Crippen LogP contribution >= 0.6 is 12.4 Å². The predicted molar refractivity (Wildman–Crippen MR) is 132 cm³/mol. The van der Waals surface area contributed by atoms with Gasteiger partial charge < -0.3 is 20.6 Å². The Bertz CT molecular complexity index is 1640. The number of halogens is 1. The van der Waals surface area contributed by atoms with Gasteiger partial charge in [0.1, 0.15) is 25.1 Å². The van der Waals surface area contributed by atoms with Crippen LogP contribution in [0.4, 0.5) is 11.4 Å². The van der Waals surface area contributed by atoms with Gasteiger partial charge in [0.15, 0.2) is 0 Å². The van der Waals surface area contributed by atoms with E-state index in [0.29, 0.717) is 0 Å². The summed E-state index contributed by atoms with van der Waals surface area (Å²) in [7, 11) is -15.0. The molecule has 1 aliphatic carbocycles. The topological polar surface area (TPSA) is 245 Å². The van der Waals surface area contributed by atoms with Gasteiger partial charge in [0, 0.05) is 5.69 Å². The van der Waals surface area contributed by atoms with Gasteiger partial charge in [0.2, 0.25) is 0 Å². The van der Waals surface area contributed by atoms with Crippen LogP contribution in [0, 0.1) is 5.41 Å². The fraction of sp³-hybridized carbons (Fsp3) is 0.0500. The molecule has 0 amide bonds. The molecule has 0 aromatic heterocycles. The van der Waals surface area contributed by atoms with Gasteiger partial charge in [-0.05, 0) is 71.2 Å². The molecule has 0 atom stereocenters. The minimum absolute atomic E-state index is 0. The Labute approximate surface area is 270 Å². The Morgan fingerprint density at radius 3 is 1.68 bits per heavy atom. The zero-order valence-electron chi connectivity index (χ0n) is 20.1. The summed E-state index contributed by atoms with van der Waals surface area (Å²) in [6, 6.07) is 6.62. The van der Waals surface area contributed by atoms with Crippen molar-refractivity contribution in [2.24, 2.45) is 0 Å². The van der Waals surface area contributed by atoms with Crippen LogP contribution in [0.2, 0.25) is 0 Å². The molecule has 0 aliphatic heterocycles. The van der Waals surface area contributed by atoms with Crippen molar-refractivity contribution in [1.82, 2.24) is 0 Å². The van der Waals surface area contributed by atoms with Gasteiger partial charge in [-0.3, -0.25) is 9.96 Å². The van der Waals surface area contributed by atoms with Crippen molar-refractivity contribution in [1.29, 1.82) is 5.41 Å². The van der Waals surface area contributed by atoms with Gasteiger partial charge in [0.25, 0.3) is 10.1 Å². The molecule has 1 aliphatic rings. The van der Waals surface area contributed by atoms with E-state index < -0.39 is 50.8 Å². The number of rotatable bonds is 5. The minimum atomic E-state index is -5.13. The van der Waals surface area contributed by atoms with Crippen LogP contribution < -0.4 is 70.6 Å². The Kier molecular flexibility index (Phi) is 12.7. The van der Waals surface area contributed by atoms with Crippen molar-refractivity contribution >= 4 is 65.4 Å². The molecule has 3 rings (SSSR count). The zero-order valence-corrected chi connectivity index (χ0v) is 27.4. The maximum Gasteiger partial charge on any atom is 1.00 e. The standard InChI is InChI=1S/C20H19N3O9S3.ClH.2Na/c1-10-6-13(9-18(20(10)23)35(30,31)32)19(11-2-4-14(21)16(7-11)33(24,25)26)12-3-5-15(22)17(8-12)34(27,28)29;;;/h2-9,23H,21-22H2,1H3,(H,24,25,26)(H,27,28,29)(H,30,31,32);1H;;/q;;2*+1/p-2. The Morgan fingerprint density at radius 2 is 1.26 bits per heavy atom. The second kappa shape index (κ2) is 13.1. The first-order chi connectivity index (χ1) is 15.9. The molecule has 0 saturated heterocycles. The van der Waals surface area contributed by atoms with E-state index in [1.165, 1.54) is 25.1 Å². The van der Waals surface area contributed by atoms with Crippen molar-refractivity contribution in [3.63, 3.8) is 0 Å². The molecule has 2 aromatic carbocycles. The number of hydrogen-bond donors (Lipinski definition) is 4. The van der Waals surface area contributed by atoms with E-state index in [1.807, 2.05) is 0 Å². The second-order valence-corrected chi connectivity index (χ2v) is 11.5. The molecule has 12 nitrogen and oxygen atoms in total. The molecule has 2 aromatic rings. The summed E-state index contributed by atoms with van der Waals surface area (Å²) in [5.41, 5.74) is 9.90. The van der Waals surface area contributed by atoms with E-state index in [0.717, 1.165) is 30.3 Å². The molecule has 0 unspecified atom stereocenters. The van der Waals surface area contributed by atoms with Gasteiger partial charge in [-0.25, -0.2) is 16.8 Å². The minimum Gasteiger partial charge on any atom is -0.744 e. The van der Waals surface area contributed by atoms with Crippen molar-refractivity contribution in [2.75, 3.05) is 11.5 Å². The third kappa shape index (κ3) is 8.00. The number of nitrogens with two attached hydrogens (primary N) is 2. The fourth-order valence-corrected chi connectivity index (χ4v) is 5.37. The van der Waals surface area contributed by atoms with Crippen molar-refractivity contribution < 1.29 is 98.0 Å². The van der Waals surface area contributed by atoms with Crippen LogP contribution in [0.25, 0.3) is 5.57 Å². The largest absolute Gasteiger partial charge is 1.00 e. The smallest absolute Gasteiger partial charge is 0.744 e. The monoisotopic (exact) mass is 621 g/mol. The summed E-state index contributed by atoms with van der Waals surface area (Å²) in [4.78, 5) is -2.39. The summed E-state index contributed by atoms with van der Waals surface area (Å²) < 4.78 is 104. The van der Waals surface area contributed by atoms with Crippen molar-refractivity contribution in [2.45, 2.75) is 16.7 Å². The number of nitrogen functional groups attached to an aromatic ring is 2. The zero-order chi connectivity index (χ0) is 26.5. The molecule has 0 heterocycles. The third-order valence-corrected chi connectivity index (χ3v) is 7.67. The third-order valence-electron chi connectivity index (χ3n) is 5.01. The van der Waals surface area contributed by atoms with E-state index in [4.69, 9.17) is 16.9 Å². The van der Waals surface area contributed by atoms with Gasteiger partial charge in [0.05, 0.1) is 21.2 Å². The number of benzene rings is 2. The number of anilines is 2. The van der Waals surface area contributed by atoms with Crippen molar-refractivity contribution in [3.8, 4) is 0 Å². The van der Waals surface area contributed by atoms with E-state index >= 15 is 0 Å². The molecule has 18 heteroatoms. The average Bonchev–Trinajstić information content (AvgIpc) is 2.70. The molecule has 6 N–H and O–H groups in total. The Hall–Kier alpha value is -1.05. The SMILES string of the molecule is CC1=C/C(=C(/c2ccc(N)c(S(=O)(=O)[O-])c2)c2ccc(N)c(S(=O)(=O)O)c2)C=C(S(=O)(=O)[O-])C1=N.Cl.[Na+].[Na+]. The number of nitrogens with one attached hydrogen (secondary N) is 1. The molecule has 0 bridgehead atoms. The van der Waals surface area contributed by atoms with Crippen LogP contribution in [-0.2, 0) is 30.4 Å². The average molecular weight is 622 g/mol. The van der Waals surface area contributed by atoms with Crippen LogP contribution in [0.1, 0.15) is 18.1 Å². The van der Waals surface area contributed by atoms with Crippen LogP contribution in [-0.4, -0.2) is 44.6 Å². The second-order valence-electron chi connectivity index (χ2n) is 7.43. The van der Waals surface area contributed by atoms with Crippen LogP contribution in [0.15, 0.2) is 74.4 Å². The molecule has 38 heavy (non-hydrogen) atoms. The van der Waals surface area contributed by atoms with Crippen molar-refractivity contribution in [3.05, 3.63) is 75.7 Å². The van der Waals surface area contributed by atoms with Crippen LogP contribution in [0.3, 0.4) is 0 Å². The maximum absolute atomic E-state index is 11.8. The number of allylic oxidation sites excluding steroid dienone is 5. The van der Waals surface area contributed by atoms with Gasteiger partial charge in [-0.1, -0.05) is 12.1 Å². The van der Waals surface area contributed by atoms with E-state index in [9.17, 15) is 38.9 Å². The van der Waals surface area contributed by atoms with E-state index in [2.05, 4.69) is 0 Å². The summed E-state index contributed by atoms with van der Waals surface area (Å²) in [5.74, 6) is 0. The quantitative estimate of drug-likeness (QED) is 0.141. The van der Waals surface area contributed by atoms with E-state index in [1.54, 1.807) is 0 Å². The molecule has 0 radical (unpaired) electrons. The normalized spacial score (nSPS) is 15.2. The summed E-state index contributed by atoms with van der Waals surface area (Å²) in [6.45, 7) is 1.35. The first-order valence-corrected chi connectivity index (χ1v) is 13.6. The summed E-state index contributed by atoms with van der Waals surface area (Å²) >= 11 is 0. The first-order valence-electron chi connectivity index (χ1n) is 9.34. The summed E-state index contributed by atoms with van der Waals surface area (Å²) in [6.07, 6.45) is 2.16. The molecular weight excluding hydrogens is 604 g/mol. The number of hydrogen-bond acceptors (Lipinski definition) is 11. The first kappa shape index (κ1) is 37.0. The Morgan fingerprint density at radius 1 is 0.816 bits per heavy atom. The molecular formula is C20H18ClN3Na2O9S3. The predicted octanol–water partition coefficient (Wildman–Crippen LogP) is -4.36. The van der Waals surface area contributed by atoms with E-state index in [-0.39, 0.29) is 111 Å². The Balaban J connectivity index is 0.00000456. The van der Waals surface area contributed by atoms with Gasteiger partial charge in [-0.2, -0.15) is 8.42 Å². The summed E-state index contributed by atoms with van der Waals surface area (Å²) in [5, 5.41) is 7.93. The van der Waals surface area contributed by atoms with Gasteiger partial charge in [-0.15, -0.1) is 12.4 Å². The van der Waals surface area contributed by atoms with Gasteiger partial charge >= 0.3 is 59.1 Å². The van der Waals surface area contributed by atoms with Crippen LogP contribution in [0.5, 0.6) is 0 Å².